The van der Waals surface area contributed by atoms with Crippen LogP contribution in [0, 0.1) is 0 Å². The van der Waals surface area contributed by atoms with Crippen molar-refractivity contribution in [2.75, 3.05) is 26.2 Å². The molecule has 1 N–H and O–H groups in total. The van der Waals surface area contributed by atoms with Gasteiger partial charge in [0, 0.05) is 25.7 Å². The van der Waals surface area contributed by atoms with Crippen molar-refractivity contribution >= 4 is 31.9 Å². The summed E-state index contributed by atoms with van der Waals surface area (Å²) in [6.45, 7) is 9.96. The molecular weight excluding hydrogens is 384 g/mol. The second-order valence-electron chi connectivity index (χ2n) is 5.31. The van der Waals surface area contributed by atoms with Crippen LogP contribution in [0.5, 0.6) is 5.75 Å². The van der Waals surface area contributed by atoms with Crippen molar-refractivity contribution in [1.82, 2.24) is 9.80 Å². The molecule has 1 aliphatic heterocycles. The van der Waals surface area contributed by atoms with Gasteiger partial charge in [-0.3, -0.25) is 9.80 Å². The van der Waals surface area contributed by atoms with Crippen LogP contribution < -0.4 is 0 Å². The monoisotopic (exact) mass is 404 g/mol. The van der Waals surface area contributed by atoms with E-state index in [4.69, 9.17) is 0 Å². The van der Waals surface area contributed by atoms with Crippen molar-refractivity contribution in [3.8, 4) is 5.75 Å². The standard InChI is InChI=1S/C15H22Br2N2O/c1-3-19(4-2)12-5-6-18(10-12)9-11-7-13(16)15(20)14(17)8-11/h7-8,12,20H,3-6,9-10H2,1-2H3. The summed E-state index contributed by atoms with van der Waals surface area (Å²) in [5, 5.41) is 9.76. The maximum atomic E-state index is 9.76. The first-order valence-corrected chi connectivity index (χ1v) is 8.77. The predicted molar refractivity (Wildman–Crippen MR) is 90.1 cm³/mol. The molecule has 1 atom stereocenters. The average molecular weight is 406 g/mol. The first kappa shape index (κ1) is 16.3. The molecule has 2 rings (SSSR count). The SMILES string of the molecule is CCN(CC)C1CCN(Cc2cc(Br)c(O)c(Br)c2)C1. The lowest BCUT2D eigenvalue weighted by atomic mass is 10.2. The molecule has 1 heterocycles. The molecular formula is C15H22Br2N2O. The molecule has 3 nitrogen and oxygen atoms in total. The number of likely N-dealkylation sites (N-methyl/N-ethyl adjacent to an activating group) is 1. The summed E-state index contributed by atoms with van der Waals surface area (Å²) in [6.07, 6.45) is 1.25. The highest BCUT2D eigenvalue weighted by atomic mass is 79.9. The number of hydrogen-bond donors (Lipinski definition) is 1. The van der Waals surface area contributed by atoms with Gasteiger partial charge in [0.2, 0.25) is 0 Å². The summed E-state index contributed by atoms with van der Waals surface area (Å²) in [6, 6.07) is 4.70. The third kappa shape index (κ3) is 3.75. The number of phenolic OH excluding ortho intramolecular Hbond substituents is 1. The molecule has 0 saturated carbocycles. The van der Waals surface area contributed by atoms with E-state index in [0.717, 1.165) is 41.7 Å². The quantitative estimate of drug-likeness (QED) is 0.806. The zero-order valence-corrected chi connectivity index (χ0v) is 15.2. The molecule has 0 amide bonds. The minimum atomic E-state index is 0.274. The summed E-state index contributed by atoms with van der Waals surface area (Å²) in [5.74, 6) is 0.274. The van der Waals surface area contributed by atoms with E-state index in [2.05, 4.69) is 55.5 Å². The van der Waals surface area contributed by atoms with Gasteiger partial charge in [-0.05, 0) is 69.1 Å². The highest BCUT2D eigenvalue weighted by Crippen LogP contribution is 2.34. The first-order chi connectivity index (χ1) is 9.55. The average Bonchev–Trinajstić information content (AvgIpc) is 2.86. The summed E-state index contributed by atoms with van der Waals surface area (Å²) < 4.78 is 1.50. The molecule has 0 spiro atoms. The Kier molecular flexibility index (Phi) is 5.90. The number of benzene rings is 1. The highest BCUT2D eigenvalue weighted by molar-refractivity contribution is 9.11. The summed E-state index contributed by atoms with van der Waals surface area (Å²) >= 11 is 6.79. The smallest absolute Gasteiger partial charge is 0.143 e. The van der Waals surface area contributed by atoms with Crippen LogP contribution in [0.15, 0.2) is 21.1 Å². The third-order valence-electron chi connectivity index (χ3n) is 4.06. The Bertz CT molecular complexity index is 440. The molecule has 1 aliphatic rings. The first-order valence-electron chi connectivity index (χ1n) is 7.18. The lowest BCUT2D eigenvalue weighted by Crippen LogP contribution is -2.37. The van der Waals surface area contributed by atoms with Gasteiger partial charge < -0.3 is 5.11 Å². The van der Waals surface area contributed by atoms with Crippen molar-refractivity contribution in [3.05, 3.63) is 26.6 Å². The van der Waals surface area contributed by atoms with E-state index in [1.54, 1.807) is 0 Å². The van der Waals surface area contributed by atoms with Crippen LogP contribution in [-0.4, -0.2) is 47.1 Å². The predicted octanol–water partition coefficient (Wildman–Crippen LogP) is 3.83. The van der Waals surface area contributed by atoms with E-state index in [1.165, 1.54) is 12.0 Å². The highest BCUT2D eigenvalue weighted by Gasteiger charge is 2.26. The maximum absolute atomic E-state index is 9.76. The number of phenols is 1. The van der Waals surface area contributed by atoms with Gasteiger partial charge in [0.1, 0.15) is 5.75 Å². The Hall–Kier alpha value is -0.100. The van der Waals surface area contributed by atoms with Gasteiger partial charge in [-0.25, -0.2) is 0 Å². The molecule has 1 aromatic rings. The Morgan fingerprint density at radius 2 is 1.85 bits per heavy atom. The Balaban J connectivity index is 1.99. The maximum Gasteiger partial charge on any atom is 0.143 e. The van der Waals surface area contributed by atoms with Crippen LogP contribution >= 0.6 is 31.9 Å². The van der Waals surface area contributed by atoms with Gasteiger partial charge in [0.05, 0.1) is 8.95 Å². The van der Waals surface area contributed by atoms with E-state index < -0.39 is 0 Å². The Morgan fingerprint density at radius 3 is 2.40 bits per heavy atom. The molecule has 0 bridgehead atoms. The molecule has 5 heteroatoms. The van der Waals surface area contributed by atoms with Crippen molar-refractivity contribution in [2.45, 2.75) is 32.9 Å². The fourth-order valence-electron chi connectivity index (χ4n) is 2.96. The minimum absolute atomic E-state index is 0.274. The molecule has 20 heavy (non-hydrogen) atoms. The number of likely N-dealkylation sites (tertiary alicyclic amines) is 1. The number of hydrogen-bond acceptors (Lipinski definition) is 3. The fraction of sp³-hybridized carbons (Fsp3) is 0.600. The van der Waals surface area contributed by atoms with Gasteiger partial charge in [-0.15, -0.1) is 0 Å². The van der Waals surface area contributed by atoms with Gasteiger partial charge in [0.25, 0.3) is 0 Å². The lowest BCUT2D eigenvalue weighted by molar-refractivity contribution is 0.209. The van der Waals surface area contributed by atoms with Crippen molar-refractivity contribution < 1.29 is 5.11 Å². The van der Waals surface area contributed by atoms with Crippen LogP contribution in [0.1, 0.15) is 25.8 Å². The topological polar surface area (TPSA) is 26.7 Å². The summed E-state index contributed by atoms with van der Waals surface area (Å²) in [5.41, 5.74) is 1.22. The second-order valence-corrected chi connectivity index (χ2v) is 7.02. The van der Waals surface area contributed by atoms with Gasteiger partial charge in [-0.1, -0.05) is 13.8 Å². The molecule has 1 aromatic carbocycles. The van der Waals surface area contributed by atoms with Crippen LogP contribution in [0.4, 0.5) is 0 Å². The van der Waals surface area contributed by atoms with Crippen LogP contribution in [0.2, 0.25) is 0 Å². The van der Waals surface area contributed by atoms with Crippen molar-refractivity contribution in [2.24, 2.45) is 0 Å². The number of aromatic hydroxyl groups is 1. The molecule has 1 unspecified atom stereocenters. The number of nitrogens with zero attached hydrogens (tertiary/aromatic N) is 2. The van der Waals surface area contributed by atoms with Gasteiger partial charge >= 0.3 is 0 Å². The third-order valence-corrected chi connectivity index (χ3v) is 5.27. The summed E-state index contributed by atoms with van der Waals surface area (Å²) in [7, 11) is 0. The van der Waals surface area contributed by atoms with E-state index in [-0.39, 0.29) is 5.75 Å². The van der Waals surface area contributed by atoms with E-state index >= 15 is 0 Å². The van der Waals surface area contributed by atoms with Gasteiger partial charge in [0.15, 0.2) is 0 Å². The second kappa shape index (κ2) is 7.25. The Morgan fingerprint density at radius 1 is 1.25 bits per heavy atom. The van der Waals surface area contributed by atoms with E-state index in [1.807, 2.05) is 12.1 Å². The van der Waals surface area contributed by atoms with E-state index in [0.29, 0.717) is 6.04 Å². The largest absolute Gasteiger partial charge is 0.506 e. The number of rotatable bonds is 5. The van der Waals surface area contributed by atoms with Crippen LogP contribution in [-0.2, 0) is 6.54 Å². The van der Waals surface area contributed by atoms with Gasteiger partial charge in [-0.2, -0.15) is 0 Å². The molecule has 1 fully saturated rings. The minimum Gasteiger partial charge on any atom is -0.506 e. The molecule has 0 aromatic heterocycles. The molecule has 0 aliphatic carbocycles. The lowest BCUT2D eigenvalue weighted by Gasteiger charge is -2.26. The molecule has 1 saturated heterocycles. The van der Waals surface area contributed by atoms with Crippen molar-refractivity contribution in [1.29, 1.82) is 0 Å². The fourth-order valence-corrected chi connectivity index (χ4v) is 4.24. The Labute approximate surface area is 138 Å². The van der Waals surface area contributed by atoms with E-state index in [9.17, 15) is 5.11 Å². The van der Waals surface area contributed by atoms with Crippen LogP contribution in [0.3, 0.4) is 0 Å². The zero-order valence-electron chi connectivity index (χ0n) is 12.1. The number of halogens is 2. The van der Waals surface area contributed by atoms with Crippen molar-refractivity contribution in [3.63, 3.8) is 0 Å². The zero-order chi connectivity index (χ0) is 14.7. The molecule has 0 radical (unpaired) electrons. The molecule has 112 valence electrons. The normalized spacial score (nSPS) is 19.9. The van der Waals surface area contributed by atoms with Crippen LogP contribution in [0.25, 0.3) is 0 Å². The summed E-state index contributed by atoms with van der Waals surface area (Å²) in [4.78, 5) is 5.04.